The third kappa shape index (κ3) is 5.35. The number of hydrogen-bond donors (Lipinski definition) is 0. The summed E-state index contributed by atoms with van der Waals surface area (Å²) in [7, 11) is 0. The lowest BCUT2D eigenvalue weighted by Gasteiger charge is -2.35. The number of carbonyl (C=O) groups is 6. The molecule has 0 bridgehead atoms. The summed E-state index contributed by atoms with van der Waals surface area (Å²) in [5.74, 6) is -2.18. The molecule has 0 saturated carbocycles. The molecule has 0 N–H and O–H groups in total. The molecule has 292 valence electrons. The molecule has 0 fully saturated rings. The summed E-state index contributed by atoms with van der Waals surface area (Å²) in [5.41, 5.74) is 2.92. The van der Waals surface area contributed by atoms with Crippen molar-refractivity contribution < 1.29 is 28.8 Å². The molecule has 7 aromatic rings. The molecule has 0 atom stereocenters. The van der Waals surface area contributed by atoms with Gasteiger partial charge in [-0.2, -0.15) is 0 Å². The highest BCUT2D eigenvalue weighted by Gasteiger charge is 2.40. The molecule has 59 heavy (non-hydrogen) atoms. The summed E-state index contributed by atoms with van der Waals surface area (Å²) >= 11 is 0. The summed E-state index contributed by atoms with van der Waals surface area (Å²) in [6.07, 6.45) is 10.2. The van der Waals surface area contributed by atoms with Crippen LogP contribution in [0.25, 0.3) is 43.1 Å². The molecule has 8 heteroatoms. The van der Waals surface area contributed by atoms with E-state index >= 15 is 0 Å². The lowest BCUT2D eigenvalue weighted by Crippen LogP contribution is -2.47. The van der Waals surface area contributed by atoms with Crippen LogP contribution in [0.2, 0.25) is 0 Å². The van der Waals surface area contributed by atoms with E-state index in [9.17, 15) is 28.8 Å². The van der Waals surface area contributed by atoms with Gasteiger partial charge in [0.25, 0.3) is 23.6 Å². The number of ketones is 2. The van der Waals surface area contributed by atoms with E-state index in [-0.39, 0.29) is 51.8 Å². The SMILES string of the molecule is CCCCCCC(CCCCCC)N1C(=O)c2ccc3c4ccc5c6c(ccc(c7ccc(c2c37)C1=O)c64)C(=O)N(c1ccc2c(c1)C(=O)c1ccccc1C2=O)C5=O. The Hall–Kier alpha value is -6.54. The van der Waals surface area contributed by atoms with Crippen molar-refractivity contribution >= 4 is 84.0 Å². The van der Waals surface area contributed by atoms with Gasteiger partial charge in [0.05, 0.1) is 5.69 Å². The van der Waals surface area contributed by atoms with Crippen LogP contribution in [0.4, 0.5) is 5.69 Å². The van der Waals surface area contributed by atoms with Gasteiger partial charge in [-0.15, -0.1) is 0 Å². The average Bonchev–Trinajstić information content (AvgIpc) is 3.26. The fourth-order valence-electron chi connectivity index (χ4n) is 10.1. The lowest BCUT2D eigenvalue weighted by molar-refractivity contribution is 0.0516. The molecular formula is C51H42N2O6. The van der Waals surface area contributed by atoms with Crippen LogP contribution < -0.4 is 4.90 Å². The van der Waals surface area contributed by atoms with Gasteiger partial charge in [0.15, 0.2) is 11.6 Å². The van der Waals surface area contributed by atoms with Gasteiger partial charge in [-0.3, -0.25) is 33.7 Å². The van der Waals surface area contributed by atoms with Gasteiger partial charge in [-0.1, -0.05) is 114 Å². The zero-order chi connectivity index (χ0) is 40.7. The number of nitrogens with zero attached hydrogens (tertiary/aromatic N) is 2. The third-order valence-electron chi connectivity index (χ3n) is 13.0. The van der Waals surface area contributed by atoms with Gasteiger partial charge in [0.1, 0.15) is 0 Å². The van der Waals surface area contributed by atoms with Crippen LogP contribution in [0.15, 0.2) is 91.0 Å². The van der Waals surface area contributed by atoms with Crippen molar-refractivity contribution in [2.75, 3.05) is 4.90 Å². The van der Waals surface area contributed by atoms with Gasteiger partial charge < -0.3 is 0 Å². The Bertz CT molecular complexity index is 2880. The van der Waals surface area contributed by atoms with Crippen molar-refractivity contribution in [3.63, 3.8) is 0 Å². The Morgan fingerprint density at radius 3 is 1.27 bits per heavy atom. The number of rotatable bonds is 12. The molecule has 0 aromatic heterocycles. The normalized spacial score (nSPS) is 14.9. The summed E-state index contributed by atoms with van der Waals surface area (Å²) in [5, 5.41) is 6.07. The number of unbranched alkanes of at least 4 members (excludes halogenated alkanes) is 6. The fourth-order valence-corrected chi connectivity index (χ4v) is 10.1. The summed E-state index contributed by atoms with van der Waals surface area (Å²) in [4.78, 5) is 87.5. The van der Waals surface area contributed by atoms with E-state index in [4.69, 9.17) is 0 Å². The highest BCUT2D eigenvalue weighted by atomic mass is 16.2. The van der Waals surface area contributed by atoms with Crippen molar-refractivity contribution in [1.29, 1.82) is 0 Å². The lowest BCUT2D eigenvalue weighted by atomic mass is 9.81. The molecule has 7 aromatic carbocycles. The van der Waals surface area contributed by atoms with E-state index in [0.29, 0.717) is 38.6 Å². The quantitative estimate of drug-likeness (QED) is 0.0529. The molecule has 1 aliphatic carbocycles. The van der Waals surface area contributed by atoms with Crippen molar-refractivity contribution in [3.05, 3.63) is 136 Å². The number of hydrogen-bond acceptors (Lipinski definition) is 6. The molecule has 0 spiro atoms. The van der Waals surface area contributed by atoms with Gasteiger partial charge in [0.2, 0.25) is 0 Å². The minimum absolute atomic E-state index is 0.147. The summed E-state index contributed by atoms with van der Waals surface area (Å²) in [6.45, 7) is 4.36. The first-order chi connectivity index (χ1) is 28.7. The molecule has 8 nitrogen and oxygen atoms in total. The maximum atomic E-state index is 14.5. The van der Waals surface area contributed by atoms with E-state index in [0.717, 1.165) is 101 Å². The van der Waals surface area contributed by atoms with Gasteiger partial charge in [-0.25, -0.2) is 4.90 Å². The van der Waals surface area contributed by atoms with Crippen LogP contribution in [0.1, 0.15) is 151 Å². The predicted octanol–water partition coefficient (Wildman–Crippen LogP) is 11.2. The van der Waals surface area contributed by atoms with Gasteiger partial charge in [0, 0.05) is 61.3 Å². The van der Waals surface area contributed by atoms with E-state index in [2.05, 4.69) is 13.8 Å². The van der Waals surface area contributed by atoms with Crippen molar-refractivity contribution in [1.82, 2.24) is 4.90 Å². The summed E-state index contributed by atoms with van der Waals surface area (Å²) < 4.78 is 0. The summed E-state index contributed by atoms with van der Waals surface area (Å²) in [6, 6.07) is 25.8. The number of anilines is 1. The smallest absolute Gasteiger partial charge is 0.265 e. The Labute approximate surface area is 341 Å². The minimum Gasteiger partial charge on any atom is -0.289 e. The van der Waals surface area contributed by atoms with Crippen LogP contribution in [0.5, 0.6) is 0 Å². The zero-order valence-electron chi connectivity index (χ0n) is 33.2. The minimum atomic E-state index is -0.535. The first-order valence-electron chi connectivity index (χ1n) is 21.0. The maximum Gasteiger partial charge on any atom is 0.265 e. The molecule has 0 unspecified atom stereocenters. The second kappa shape index (κ2) is 14.1. The van der Waals surface area contributed by atoms with Crippen LogP contribution >= 0.6 is 0 Å². The van der Waals surface area contributed by atoms with Gasteiger partial charge >= 0.3 is 0 Å². The predicted molar refractivity (Wildman–Crippen MR) is 230 cm³/mol. The Balaban J connectivity index is 1.07. The molecule has 3 aliphatic rings. The highest BCUT2D eigenvalue weighted by Crippen LogP contribution is 2.47. The largest absolute Gasteiger partial charge is 0.289 e. The average molecular weight is 779 g/mol. The highest BCUT2D eigenvalue weighted by molar-refractivity contribution is 6.44. The molecule has 4 amide bonds. The maximum absolute atomic E-state index is 14.5. The van der Waals surface area contributed by atoms with E-state index in [1.54, 1.807) is 47.4 Å². The number of benzene rings is 7. The molecule has 0 saturated heterocycles. The molecule has 0 radical (unpaired) electrons. The van der Waals surface area contributed by atoms with Crippen molar-refractivity contribution in [2.45, 2.75) is 84.1 Å². The van der Waals surface area contributed by atoms with E-state index < -0.39 is 11.8 Å². The molecule has 10 rings (SSSR count). The number of fused-ring (bicyclic) bond motifs is 4. The number of amides is 4. The van der Waals surface area contributed by atoms with Crippen LogP contribution in [0, 0.1) is 0 Å². The first-order valence-corrected chi connectivity index (χ1v) is 21.0. The Morgan fingerprint density at radius 1 is 0.407 bits per heavy atom. The zero-order valence-corrected chi connectivity index (χ0v) is 33.2. The number of carbonyl (C=O) groups excluding carboxylic acids is 6. The van der Waals surface area contributed by atoms with Gasteiger partial charge in [-0.05, 0) is 87.6 Å². The first kappa shape index (κ1) is 36.8. The van der Waals surface area contributed by atoms with Crippen molar-refractivity contribution in [2.24, 2.45) is 0 Å². The molecule has 2 aliphatic heterocycles. The molecular weight excluding hydrogens is 737 g/mol. The van der Waals surface area contributed by atoms with Crippen LogP contribution in [0.3, 0.4) is 0 Å². The third-order valence-corrected chi connectivity index (χ3v) is 13.0. The van der Waals surface area contributed by atoms with Crippen molar-refractivity contribution in [3.8, 4) is 0 Å². The standard InChI is InChI=1S/C51H42N2O6/c1-3-5-7-9-13-28(14-10-8-6-4-2)52-48(56)37-23-19-30-32-21-25-39-45-40(26-22-33(43(32)45)31-20-24-38(49(52)57)44(37)42(30)31)51(59)53(50(39)58)29-17-18-36-41(27-29)47(55)35-16-12-11-15-34(35)46(36)54/h11-12,15-28H,3-10,13-14H2,1-2H3. The molecule has 2 heterocycles. The second-order valence-electron chi connectivity index (χ2n) is 16.4. The number of imide groups is 2. The monoisotopic (exact) mass is 778 g/mol. The van der Waals surface area contributed by atoms with Crippen LogP contribution in [-0.2, 0) is 0 Å². The van der Waals surface area contributed by atoms with E-state index in [1.807, 2.05) is 36.4 Å². The Morgan fingerprint density at radius 2 is 0.814 bits per heavy atom. The Kier molecular flexibility index (Phi) is 8.78. The van der Waals surface area contributed by atoms with E-state index in [1.165, 1.54) is 12.1 Å². The topological polar surface area (TPSA) is 109 Å². The second-order valence-corrected chi connectivity index (χ2v) is 16.4. The van der Waals surface area contributed by atoms with Crippen LogP contribution in [-0.4, -0.2) is 46.1 Å². The fraction of sp³-hybridized carbons (Fsp3) is 0.255.